The highest BCUT2D eigenvalue weighted by Gasteiger charge is 2.19. The van der Waals surface area contributed by atoms with Crippen LogP contribution in [0.1, 0.15) is 52.8 Å². The molecule has 0 heterocycles. The summed E-state index contributed by atoms with van der Waals surface area (Å²) >= 11 is 0. The summed E-state index contributed by atoms with van der Waals surface area (Å²) in [6.45, 7) is 0. The van der Waals surface area contributed by atoms with Gasteiger partial charge in [-0.1, -0.05) is 19.3 Å². The van der Waals surface area contributed by atoms with E-state index in [1.165, 1.54) is 30.7 Å². The number of phenolic OH excluding ortho intramolecular Hbond substituents is 1. The zero-order valence-electron chi connectivity index (χ0n) is 14.4. The Hall–Kier alpha value is -3.02. The molecule has 136 valence electrons. The molecule has 0 saturated heterocycles. The fourth-order valence-corrected chi connectivity index (χ4v) is 3.20. The number of aromatic carboxylic acids is 1. The second kappa shape index (κ2) is 7.91. The van der Waals surface area contributed by atoms with E-state index in [4.69, 9.17) is 0 Å². The van der Waals surface area contributed by atoms with E-state index in [9.17, 15) is 19.8 Å². The van der Waals surface area contributed by atoms with Crippen LogP contribution in [0.15, 0.2) is 42.5 Å². The molecule has 2 aromatic carbocycles. The number of carboxylic acids is 1. The number of phenols is 1. The molecule has 1 aliphatic rings. The minimum Gasteiger partial charge on any atom is -0.508 e. The molecule has 26 heavy (non-hydrogen) atoms. The summed E-state index contributed by atoms with van der Waals surface area (Å²) in [6.07, 6.45) is 5.61. The van der Waals surface area contributed by atoms with E-state index in [0.29, 0.717) is 23.0 Å². The fourth-order valence-electron chi connectivity index (χ4n) is 3.20. The number of aromatic hydroxyl groups is 1. The third kappa shape index (κ3) is 4.33. The highest BCUT2D eigenvalue weighted by Crippen LogP contribution is 2.26. The number of anilines is 2. The Kier molecular flexibility index (Phi) is 5.41. The van der Waals surface area contributed by atoms with Gasteiger partial charge < -0.3 is 20.8 Å². The second-order valence-electron chi connectivity index (χ2n) is 6.55. The van der Waals surface area contributed by atoms with Gasteiger partial charge in [0.2, 0.25) is 0 Å². The van der Waals surface area contributed by atoms with Gasteiger partial charge in [0.1, 0.15) is 5.75 Å². The van der Waals surface area contributed by atoms with E-state index in [1.54, 1.807) is 18.2 Å². The first-order chi connectivity index (χ1) is 12.5. The van der Waals surface area contributed by atoms with Crippen molar-refractivity contribution in [2.24, 2.45) is 0 Å². The Balaban J connectivity index is 1.85. The van der Waals surface area contributed by atoms with Gasteiger partial charge in [-0.25, -0.2) is 4.79 Å². The number of rotatable bonds is 5. The summed E-state index contributed by atoms with van der Waals surface area (Å²) in [5, 5.41) is 24.7. The van der Waals surface area contributed by atoms with E-state index in [-0.39, 0.29) is 11.3 Å². The number of nitrogens with one attached hydrogen (secondary N) is 2. The second-order valence-corrected chi connectivity index (χ2v) is 6.55. The molecular weight excluding hydrogens is 332 g/mol. The molecule has 0 atom stereocenters. The summed E-state index contributed by atoms with van der Waals surface area (Å²) in [5.41, 5.74) is 1.52. The van der Waals surface area contributed by atoms with E-state index in [2.05, 4.69) is 10.6 Å². The van der Waals surface area contributed by atoms with Crippen LogP contribution >= 0.6 is 0 Å². The smallest absolute Gasteiger partial charge is 0.335 e. The number of benzene rings is 2. The molecule has 3 rings (SSSR count). The zero-order valence-corrected chi connectivity index (χ0v) is 14.4. The Labute approximate surface area is 151 Å². The van der Waals surface area contributed by atoms with Crippen LogP contribution in [0.3, 0.4) is 0 Å². The molecule has 0 radical (unpaired) electrons. The van der Waals surface area contributed by atoms with E-state index in [1.807, 2.05) is 0 Å². The highest BCUT2D eigenvalue weighted by atomic mass is 16.4. The largest absolute Gasteiger partial charge is 0.508 e. The van der Waals surface area contributed by atoms with E-state index < -0.39 is 11.9 Å². The van der Waals surface area contributed by atoms with Gasteiger partial charge in [0.25, 0.3) is 5.91 Å². The molecule has 1 fully saturated rings. The first-order valence-electron chi connectivity index (χ1n) is 8.77. The predicted molar refractivity (Wildman–Crippen MR) is 100.0 cm³/mol. The topological polar surface area (TPSA) is 98.7 Å². The van der Waals surface area contributed by atoms with Gasteiger partial charge >= 0.3 is 5.97 Å². The molecule has 0 unspecified atom stereocenters. The standard InChI is InChI=1S/C20H22N2O4/c23-16-9-7-15(8-10-16)22-19(24)17-12-13(20(25)26)6-11-18(17)21-14-4-2-1-3-5-14/h6-12,14,21,23H,1-5H2,(H,22,24)(H,25,26). The number of carbonyl (C=O) groups excluding carboxylic acids is 1. The summed E-state index contributed by atoms with van der Waals surface area (Å²) in [6, 6.07) is 11.0. The van der Waals surface area contributed by atoms with Gasteiger partial charge in [0.05, 0.1) is 11.1 Å². The minimum absolute atomic E-state index is 0.0649. The summed E-state index contributed by atoms with van der Waals surface area (Å²) < 4.78 is 0. The monoisotopic (exact) mass is 354 g/mol. The number of hydrogen-bond acceptors (Lipinski definition) is 4. The summed E-state index contributed by atoms with van der Waals surface area (Å²) in [7, 11) is 0. The minimum atomic E-state index is -1.08. The lowest BCUT2D eigenvalue weighted by Crippen LogP contribution is -2.24. The first kappa shape index (κ1) is 17.8. The van der Waals surface area contributed by atoms with Crippen molar-refractivity contribution in [2.45, 2.75) is 38.1 Å². The number of hydrogen-bond donors (Lipinski definition) is 4. The van der Waals surface area contributed by atoms with Crippen LogP contribution in [0.5, 0.6) is 5.75 Å². The average Bonchev–Trinajstić information content (AvgIpc) is 2.64. The quantitative estimate of drug-likeness (QED) is 0.606. The molecule has 1 aliphatic carbocycles. The average molecular weight is 354 g/mol. The van der Waals surface area contributed by atoms with Crippen LogP contribution in [-0.4, -0.2) is 28.1 Å². The van der Waals surface area contributed by atoms with Crippen LogP contribution in [0.25, 0.3) is 0 Å². The molecule has 1 amide bonds. The van der Waals surface area contributed by atoms with Crippen molar-refractivity contribution < 1.29 is 19.8 Å². The zero-order chi connectivity index (χ0) is 18.5. The molecule has 4 N–H and O–H groups in total. The lowest BCUT2D eigenvalue weighted by atomic mass is 9.95. The maximum Gasteiger partial charge on any atom is 0.335 e. The lowest BCUT2D eigenvalue weighted by Gasteiger charge is -2.25. The van der Waals surface area contributed by atoms with Crippen molar-refractivity contribution in [3.05, 3.63) is 53.6 Å². The van der Waals surface area contributed by atoms with Gasteiger partial charge in [0, 0.05) is 17.4 Å². The third-order valence-electron chi connectivity index (χ3n) is 4.60. The number of carbonyl (C=O) groups is 2. The lowest BCUT2D eigenvalue weighted by molar-refractivity contribution is 0.0697. The van der Waals surface area contributed by atoms with Crippen molar-refractivity contribution >= 4 is 23.3 Å². The van der Waals surface area contributed by atoms with E-state index >= 15 is 0 Å². The molecule has 2 aromatic rings. The van der Waals surface area contributed by atoms with Crippen molar-refractivity contribution in [1.82, 2.24) is 0 Å². The van der Waals surface area contributed by atoms with Gasteiger partial charge in [0.15, 0.2) is 0 Å². The van der Waals surface area contributed by atoms with Gasteiger partial charge in [-0.2, -0.15) is 0 Å². The number of amides is 1. The number of carboxylic acid groups (broad SMARTS) is 1. The summed E-state index contributed by atoms with van der Waals surface area (Å²) in [4.78, 5) is 24.0. The Morgan fingerprint density at radius 1 is 0.962 bits per heavy atom. The SMILES string of the molecule is O=C(O)c1ccc(NC2CCCCC2)c(C(=O)Nc2ccc(O)cc2)c1. The maximum absolute atomic E-state index is 12.7. The molecule has 0 aromatic heterocycles. The predicted octanol–water partition coefficient (Wildman–Crippen LogP) is 4.09. The fraction of sp³-hybridized carbons (Fsp3) is 0.300. The van der Waals surface area contributed by atoms with Gasteiger partial charge in [-0.3, -0.25) is 4.79 Å². The Morgan fingerprint density at radius 2 is 1.65 bits per heavy atom. The molecule has 0 bridgehead atoms. The van der Waals surface area contributed by atoms with Crippen LogP contribution in [0.4, 0.5) is 11.4 Å². The third-order valence-corrected chi connectivity index (χ3v) is 4.60. The maximum atomic E-state index is 12.7. The van der Waals surface area contributed by atoms with Gasteiger partial charge in [-0.05, 0) is 55.3 Å². The molecular formula is C20H22N2O4. The van der Waals surface area contributed by atoms with Crippen molar-refractivity contribution in [3.63, 3.8) is 0 Å². The van der Waals surface area contributed by atoms with E-state index in [0.717, 1.165) is 25.7 Å². The van der Waals surface area contributed by atoms with Crippen LogP contribution in [-0.2, 0) is 0 Å². The van der Waals surface area contributed by atoms with Crippen LogP contribution in [0, 0.1) is 0 Å². The van der Waals surface area contributed by atoms with Crippen molar-refractivity contribution in [2.75, 3.05) is 10.6 Å². The molecule has 1 saturated carbocycles. The molecule has 0 spiro atoms. The molecule has 0 aliphatic heterocycles. The normalized spacial score (nSPS) is 14.6. The van der Waals surface area contributed by atoms with Crippen molar-refractivity contribution in [1.29, 1.82) is 0 Å². The highest BCUT2D eigenvalue weighted by molar-refractivity contribution is 6.09. The first-order valence-corrected chi connectivity index (χ1v) is 8.77. The molecule has 6 heteroatoms. The molecule has 6 nitrogen and oxygen atoms in total. The summed E-state index contributed by atoms with van der Waals surface area (Å²) in [5.74, 6) is -1.36. The van der Waals surface area contributed by atoms with Gasteiger partial charge in [-0.15, -0.1) is 0 Å². The van der Waals surface area contributed by atoms with Crippen molar-refractivity contribution in [3.8, 4) is 5.75 Å². The van der Waals surface area contributed by atoms with Crippen LogP contribution < -0.4 is 10.6 Å². The Morgan fingerprint density at radius 3 is 2.31 bits per heavy atom. The Bertz CT molecular complexity index is 796. The van der Waals surface area contributed by atoms with Crippen LogP contribution in [0.2, 0.25) is 0 Å².